The first-order valence-electron chi connectivity index (χ1n) is 15.1. The summed E-state index contributed by atoms with van der Waals surface area (Å²) in [4.78, 5) is 19.3. The molecule has 0 saturated carbocycles. The number of hydrogen-bond acceptors (Lipinski definition) is 8. The Morgan fingerprint density at radius 3 is 1.98 bits per heavy atom. The first-order valence-corrected chi connectivity index (χ1v) is 15.1. The number of aryl methyl sites for hydroxylation is 1. The molecule has 1 amide bonds. The van der Waals surface area contributed by atoms with Gasteiger partial charge in [-0.3, -0.25) is 0 Å². The smallest absolute Gasteiger partial charge is 0.407 e. The van der Waals surface area contributed by atoms with Gasteiger partial charge in [-0.2, -0.15) is 0 Å². The molecule has 9 heteroatoms. The Morgan fingerprint density at radius 1 is 0.884 bits per heavy atom. The molecule has 0 fully saturated rings. The van der Waals surface area contributed by atoms with Gasteiger partial charge in [-0.05, 0) is 81.5 Å². The van der Waals surface area contributed by atoms with Crippen LogP contribution in [0.15, 0.2) is 54.6 Å². The topological polar surface area (TPSA) is 111 Å². The number of nitrogens with one attached hydrogen (secondary N) is 2. The first kappa shape index (κ1) is 33.4. The molecule has 2 aromatic carbocycles. The number of pyridine rings is 1. The van der Waals surface area contributed by atoms with Crippen molar-refractivity contribution in [1.29, 1.82) is 0 Å². The second-order valence-corrected chi connectivity index (χ2v) is 11.6. The van der Waals surface area contributed by atoms with E-state index in [-0.39, 0.29) is 0 Å². The Hall–Kier alpha value is -4.14. The zero-order valence-corrected chi connectivity index (χ0v) is 26.7. The van der Waals surface area contributed by atoms with E-state index in [0.29, 0.717) is 38.3 Å². The summed E-state index contributed by atoms with van der Waals surface area (Å²) in [5, 5.41) is 6.32. The van der Waals surface area contributed by atoms with Gasteiger partial charge in [0.1, 0.15) is 17.1 Å². The number of alkyl carbamates (subject to hydrolysis) is 1. The van der Waals surface area contributed by atoms with Crippen molar-refractivity contribution in [2.24, 2.45) is 0 Å². The quantitative estimate of drug-likeness (QED) is 0.154. The van der Waals surface area contributed by atoms with E-state index in [1.165, 1.54) is 0 Å². The molecule has 0 unspecified atom stereocenters. The van der Waals surface area contributed by atoms with Crippen molar-refractivity contribution >= 4 is 23.3 Å². The molecule has 9 nitrogen and oxygen atoms in total. The number of nitrogens with two attached hydrogens (primary N) is 1. The second kappa shape index (κ2) is 16.5. The number of aromatic nitrogens is 1. The number of methoxy groups -OCH3 is 2. The Balaban J connectivity index is 1.86. The van der Waals surface area contributed by atoms with E-state index in [2.05, 4.69) is 52.8 Å². The first-order chi connectivity index (χ1) is 20.6. The molecule has 43 heavy (non-hydrogen) atoms. The van der Waals surface area contributed by atoms with Crippen LogP contribution in [0.3, 0.4) is 0 Å². The number of benzene rings is 2. The highest BCUT2D eigenvalue weighted by atomic mass is 16.6. The molecule has 0 aliphatic rings. The molecule has 234 valence electrons. The average molecular weight is 592 g/mol. The van der Waals surface area contributed by atoms with Gasteiger partial charge in [0.2, 0.25) is 0 Å². The summed E-state index contributed by atoms with van der Waals surface area (Å²) in [7, 11) is 3.34. The summed E-state index contributed by atoms with van der Waals surface area (Å²) in [5.41, 5.74) is 11.0. The Bertz CT molecular complexity index is 1220. The standard InChI is InChI=1S/C34H49N5O4/c1-7-8-9-11-27-22-30(36-20-10-21-37-33(40)43-34(2,3)4)31(35)32(38-27)39(23-25-12-16-28(41-5)17-13-25)24-26-14-18-29(42-6)19-15-26/h12-19,22H,7-11,20-21,23-24,35H2,1-6H3,(H,36,38)(H,37,40). The Morgan fingerprint density at radius 2 is 1.47 bits per heavy atom. The molecule has 0 aliphatic carbocycles. The predicted octanol–water partition coefficient (Wildman–Crippen LogP) is 6.95. The van der Waals surface area contributed by atoms with Gasteiger partial charge in [0.15, 0.2) is 5.82 Å². The molecule has 0 spiro atoms. The Kier molecular flexibility index (Phi) is 12.8. The van der Waals surface area contributed by atoms with Crippen LogP contribution in [0, 0.1) is 0 Å². The number of unbranched alkanes of at least 4 members (excludes halogenated alkanes) is 2. The van der Waals surface area contributed by atoms with Crippen molar-refractivity contribution in [3.8, 4) is 11.5 Å². The number of hydrogen-bond donors (Lipinski definition) is 3. The minimum absolute atomic E-state index is 0.413. The lowest BCUT2D eigenvalue weighted by Gasteiger charge is -2.27. The van der Waals surface area contributed by atoms with Crippen LogP contribution < -0.4 is 30.7 Å². The number of rotatable bonds is 16. The maximum absolute atomic E-state index is 12.0. The molecular formula is C34H49N5O4. The summed E-state index contributed by atoms with van der Waals surface area (Å²) >= 11 is 0. The predicted molar refractivity (Wildman–Crippen MR) is 175 cm³/mol. The molecule has 0 aliphatic heterocycles. The lowest BCUT2D eigenvalue weighted by atomic mass is 10.1. The van der Waals surface area contributed by atoms with Crippen LogP contribution in [-0.4, -0.2) is 44.0 Å². The average Bonchev–Trinajstić information content (AvgIpc) is 2.98. The zero-order chi connectivity index (χ0) is 31.2. The van der Waals surface area contributed by atoms with Crippen LogP contribution in [0.5, 0.6) is 11.5 Å². The van der Waals surface area contributed by atoms with E-state index in [0.717, 1.165) is 65.5 Å². The lowest BCUT2D eigenvalue weighted by Crippen LogP contribution is -2.33. The van der Waals surface area contributed by atoms with Gasteiger partial charge in [0, 0.05) is 31.9 Å². The fourth-order valence-electron chi connectivity index (χ4n) is 4.59. The highest BCUT2D eigenvalue weighted by Gasteiger charge is 2.19. The highest BCUT2D eigenvalue weighted by Crippen LogP contribution is 2.33. The minimum atomic E-state index is -0.526. The van der Waals surface area contributed by atoms with E-state index >= 15 is 0 Å². The SMILES string of the molecule is CCCCCc1cc(NCCCNC(=O)OC(C)(C)C)c(N)c(N(Cc2ccc(OC)cc2)Cc2ccc(OC)cc2)n1. The highest BCUT2D eigenvalue weighted by molar-refractivity contribution is 5.79. The summed E-state index contributed by atoms with van der Waals surface area (Å²) in [6.45, 7) is 10.1. The largest absolute Gasteiger partial charge is 0.497 e. The number of carbonyl (C=O) groups is 1. The third kappa shape index (κ3) is 11.2. The van der Waals surface area contributed by atoms with Crippen LogP contribution in [-0.2, 0) is 24.2 Å². The lowest BCUT2D eigenvalue weighted by molar-refractivity contribution is 0.0527. The van der Waals surface area contributed by atoms with Gasteiger partial charge in [-0.15, -0.1) is 0 Å². The van der Waals surface area contributed by atoms with E-state index in [4.69, 9.17) is 24.9 Å². The summed E-state index contributed by atoms with van der Waals surface area (Å²) < 4.78 is 16.1. The van der Waals surface area contributed by atoms with E-state index in [9.17, 15) is 4.79 Å². The molecule has 0 radical (unpaired) electrons. The van der Waals surface area contributed by atoms with Crippen molar-refractivity contribution in [2.45, 2.75) is 78.5 Å². The maximum Gasteiger partial charge on any atom is 0.407 e. The second-order valence-electron chi connectivity index (χ2n) is 11.6. The van der Waals surface area contributed by atoms with Gasteiger partial charge >= 0.3 is 6.09 Å². The van der Waals surface area contributed by atoms with Crippen molar-refractivity contribution in [3.05, 3.63) is 71.4 Å². The molecule has 0 atom stereocenters. The van der Waals surface area contributed by atoms with Crippen LogP contribution in [0.2, 0.25) is 0 Å². The van der Waals surface area contributed by atoms with Crippen molar-refractivity contribution in [3.63, 3.8) is 0 Å². The molecular weight excluding hydrogens is 542 g/mol. The molecule has 4 N–H and O–H groups in total. The zero-order valence-electron chi connectivity index (χ0n) is 26.7. The van der Waals surface area contributed by atoms with Gasteiger partial charge in [-0.25, -0.2) is 9.78 Å². The van der Waals surface area contributed by atoms with Gasteiger partial charge in [0.05, 0.1) is 25.6 Å². The third-order valence-corrected chi connectivity index (χ3v) is 6.83. The number of nitrogen functional groups attached to an aromatic ring is 1. The minimum Gasteiger partial charge on any atom is -0.497 e. The third-order valence-electron chi connectivity index (χ3n) is 6.83. The fourth-order valence-corrected chi connectivity index (χ4v) is 4.59. The molecule has 0 saturated heterocycles. The Labute approximate surface area is 257 Å². The van der Waals surface area contributed by atoms with E-state index < -0.39 is 11.7 Å². The summed E-state index contributed by atoms with van der Waals surface area (Å²) in [5.74, 6) is 2.37. The van der Waals surface area contributed by atoms with Crippen LogP contribution in [0.4, 0.5) is 22.0 Å². The van der Waals surface area contributed by atoms with E-state index in [1.807, 2.05) is 45.0 Å². The molecule has 3 aromatic rings. The molecule has 1 heterocycles. The van der Waals surface area contributed by atoms with Crippen molar-refractivity contribution in [1.82, 2.24) is 10.3 Å². The number of carbonyl (C=O) groups excluding carboxylic acids is 1. The fraction of sp³-hybridized carbons (Fsp3) is 0.471. The number of nitrogens with zero attached hydrogens (tertiary/aromatic N) is 2. The monoisotopic (exact) mass is 591 g/mol. The summed E-state index contributed by atoms with van der Waals surface area (Å²) in [6.07, 6.45) is 4.51. The molecule has 1 aromatic heterocycles. The van der Waals surface area contributed by atoms with Gasteiger partial charge in [0.25, 0.3) is 0 Å². The van der Waals surface area contributed by atoms with Crippen LogP contribution >= 0.6 is 0 Å². The molecule has 3 rings (SSSR count). The number of amides is 1. The molecule has 0 bridgehead atoms. The number of ether oxygens (including phenoxy) is 3. The van der Waals surface area contributed by atoms with E-state index in [1.54, 1.807) is 14.2 Å². The normalized spacial score (nSPS) is 11.1. The maximum atomic E-state index is 12.0. The van der Waals surface area contributed by atoms with Crippen molar-refractivity contribution in [2.75, 3.05) is 43.3 Å². The van der Waals surface area contributed by atoms with Crippen molar-refractivity contribution < 1.29 is 19.0 Å². The van der Waals surface area contributed by atoms with Crippen LogP contribution in [0.25, 0.3) is 0 Å². The van der Waals surface area contributed by atoms with Gasteiger partial charge < -0.3 is 35.5 Å². The number of anilines is 3. The van der Waals surface area contributed by atoms with Crippen LogP contribution in [0.1, 0.15) is 70.2 Å². The van der Waals surface area contributed by atoms with Gasteiger partial charge in [-0.1, -0.05) is 44.0 Å². The summed E-state index contributed by atoms with van der Waals surface area (Å²) in [6, 6.07) is 18.2.